The molecule has 96 valence electrons. The quantitative estimate of drug-likeness (QED) is 0.610. The number of rotatable bonds is 5. The lowest BCUT2D eigenvalue weighted by Gasteiger charge is -2.19. The fourth-order valence-electron chi connectivity index (χ4n) is 2.05. The van der Waals surface area contributed by atoms with Crippen LogP contribution in [0.25, 0.3) is 0 Å². The number of hydrogen-bond donors (Lipinski definition) is 0. The van der Waals surface area contributed by atoms with Crippen LogP contribution in [0.1, 0.15) is 22.3 Å². The molecule has 17 heavy (non-hydrogen) atoms. The van der Waals surface area contributed by atoms with E-state index in [2.05, 4.69) is 54.7 Å². The van der Waals surface area contributed by atoms with Crippen LogP contribution in [0.3, 0.4) is 0 Å². The standard InChI is InChI=1S/C14H22BrNO/c1-10-8-11(2)13(6-7-16(4)9-15)14(17-5)12(10)3/h8H,6-7,9H2,1-5H3. The molecule has 0 amide bonds. The van der Waals surface area contributed by atoms with Gasteiger partial charge in [-0.15, -0.1) is 0 Å². The normalized spacial score (nSPS) is 11.0. The van der Waals surface area contributed by atoms with E-state index in [-0.39, 0.29) is 0 Å². The van der Waals surface area contributed by atoms with Crippen molar-refractivity contribution in [2.75, 3.05) is 26.2 Å². The molecule has 0 fully saturated rings. The summed E-state index contributed by atoms with van der Waals surface area (Å²) in [6.07, 6.45) is 1.03. The second-order valence-corrected chi connectivity index (χ2v) is 5.10. The number of nitrogens with zero attached hydrogens (tertiary/aromatic N) is 1. The van der Waals surface area contributed by atoms with Crippen LogP contribution in [0.2, 0.25) is 0 Å². The SMILES string of the molecule is COc1c(C)c(C)cc(C)c1CCN(C)CBr. The molecule has 0 bridgehead atoms. The minimum Gasteiger partial charge on any atom is -0.496 e. The summed E-state index contributed by atoms with van der Waals surface area (Å²) in [4.78, 5) is 2.24. The van der Waals surface area contributed by atoms with Crippen LogP contribution in [0.15, 0.2) is 6.07 Å². The lowest BCUT2D eigenvalue weighted by Crippen LogP contribution is -2.19. The molecule has 0 saturated heterocycles. The van der Waals surface area contributed by atoms with Gasteiger partial charge < -0.3 is 4.74 Å². The summed E-state index contributed by atoms with van der Waals surface area (Å²) in [5.74, 6) is 1.06. The maximum atomic E-state index is 5.57. The smallest absolute Gasteiger partial charge is 0.125 e. The number of hydrogen-bond acceptors (Lipinski definition) is 2. The highest BCUT2D eigenvalue weighted by Crippen LogP contribution is 2.29. The first-order valence-electron chi connectivity index (χ1n) is 5.89. The minimum absolute atomic E-state index is 0.902. The van der Waals surface area contributed by atoms with Crippen LogP contribution < -0.4 is 4.74 Å². The van der Waals surface area contributed by atoms with E-state index in [1.54, 1.807) is 7.11 Å². The third kappa shape index (κ3) is 3.46. The Kier molecular flexibility index (Phi) is 5.47. The Morgan fingerprint density at radius 1 is 1.24 bits per heavy atom. The van der Waals surface area contributed by atoms with E-state index >= 15 is 0 Å². The van der Waals surface area contributed by atoms with Gasteiger partial charge in [-0.2, -0.15) is 0 Å². The Bertz CT molecular complexity index is 390. The summed E-state index contributed by atoms with van der Waals surface area (Å²) < 4.78 is 5.57. The fraction of sp³-hybridized carbons (Fsp3) is 0.571. The van der Waals surface area contributed by atoms with Gasteiger partial charge in [0.1, 0.15) is 5.75 Å². The summed E-state index contributed by atoms with van der Waals surface area (Å²) in [6, 6.07) is 2.25. The van der Waals surface area contributed by atoms with Gasteiger partial charge in [0.25, 0.3) is 0 Å². The van der Waals surface area contributed by atoms with Crippen molar-refractivity contribution in [3.8, 4) is 5.75 Å². The number of halogens is 1. The number of methoxy groups -OCH3 is 1. The average molecular weight is 300 g/mol. The number of alkyl halides is 1. The van der Waals surface area contributed by atoms with E-state index in [4.69, 9.17) is 4.74 Å². The van der Waals surface area contributed by atoms with Crippen LogP contribution >= 0.6 is 15.9 Å². The van der Waals surface area contributed by atoms with E-state index in [0.717, 1.165) is 24.2 Å². The first-order chi connectivity index (χ1) is 8.01. The lowest BCUT2D eigenvalue weighted by atomic mass is 9.97. The first-order valence-corrected chi connectivity index (χ1v) is 7.01. The predicted molar refractivity (Wildman–Crippen MR) is 77.3 cm³/mol. The summed E-state index contributed by atoms with van der Waals surface area (Å²) in [5, 5.41) is 0. The zero-order valence-electron chi connectivity index (χ0n) is 11.4. The lowest BCUT2D eigenvalue weighted by molar-refractivity contribution is 0.383. The molecule has 1 aromatic rings. The molecule has 3 heteroatoms. The second kappa shape index (κ2) is 6.41. The highest BCUT2D eigenvalue weighted by atomic mass is 79.9. The third-order valence-electron chi connectivity index (χ3n) is 3.27. The predicted octanol–water partition coefficient (Wildman–Crippen LogP) is 3.45. The fourth-order valence-corrected chi connectivity index (χ4v) is 2.30. The highest BCUT2D eigenvalue weighted by molar-refractivity contribution is 9.09. The van der Waals surface area contributed by atoms with E-state index in [0.29, 0.717) is 0 Å². The van der Waals surface area contributed by atoms with Crippen molar-refractivity contribution >= 4 is 15.9 Å². The van der Waals surface area contributed by atoms with Crippen LogP contribution in [0.5, 0.6) is 5.75 Å². The van der Waals surface area contributed by atoms with Gasteiger partial charge in [-0.3, -0.25) is 4.90 Å². The van der Waals surface area contributed by atoms with Crippen molar-refractivity contribution in [1.29, 1.82) is 0 Å². The van der Waals surface area contributed by atoms with Crippen molar-refractivity contribution in [3.05, 3.63) is 28.3 Å². The molecule has 0 aliphatic heterocycles. The van der Waals surface area contributed by atoms with E-state index in [9.17, 15) is 0 Å². The monoisotopic (exact) mass is 299 g/mol. The Morgan fingerprint density at radius 2 is 1.88 bits per heavy atom. The van der Waals surface area contributed by atoms with Crippen molar-refractivity contribution in [1.82, 2.24) is 4.90 Å². The van der Waals surface area contributed by atoms with Crippen molar-refractivity contribution in [2.45, 2.75) is 27.2 Å². The van der Waals surface area contributed by atoms with Gasteiger partial charge in [-0.1, -0.05) is 22.0 Å². The van der Waals surface area contributed by atoms with Crippen LogP contribution in [-0.4, -0.2) is 31.1 Å². The molecule has 2 nitrogen and oxygen atoms in total. The molecular weight excluding hydrogens is 278 g/mol. The average Bonchev–Trinajstić information content (AvgIpc) is 2.31. The summed E-state index contributed by atoms with van der Waals surface area (Å²) in [7, 11) is 3.87. The maximum absolute atomic E-state index is 5.57. The first kappa shape index (κ1) is 14.5. The molecule has 0 aromatic heterocycles. The van der Waals surface area contributed by atoms with E-state index in [1.807, 2.05) is 0 Å². The molecule has 1 rings (SSSR count). The molecule has 0 atom stereocenters. The molecule has 0 heterocycles. The van der Waals surface area contributed by atoms with Gasteiger partial charge in [0.15, 0.2) is 0 Å². The second-order valence-electron chi connectivity index (χ2n) is 4.60. The summed E-state index contributed by atoms with van der Waals surface area (Å²) in [6.45, 7) is 7.47. The molecular formula is C14H22BrNO. The van der Waals surface area contributed by atoms with E-state index < -0.39 is 0 Å². The van der Waals surface area contributed by atoms with Crippen LogP contribution in [0, 0.1) is 20.8 Å². The third-order valence-corrected chi connectivity index (χ3v) is 4.12. The summed E-state index contributed by atoms with van der Waals surface area (Å²) in [5.41, 5.74) is 6.13. The van der Waals surface area contributed by atoms with Gasteiger partial charge in [0.05, 0.1) is 12.6 Å². The van der Waals surface area contributed by atoms with Crippen molar-refractivity contribution in [2.24, 2.45) is 0 Å². The van der Waals surface area contributed by atoms with Gasteiger partial charge in [0, 0.05) is 6.54 Å². The topological polar surface area (TPSA) is 12.5 Å². The number of benzene rings is 1. The Balaban J connectivity index is 3.01. The molecule has 0 unspecified atom stereocenters. The molecule has 0 saturated carbocycles. The van der Waals surface area contributed by atoms with E-state index in [1.165, 1.54) is 22.3 Å². The molecule has 0 aliphatic carbocycles. The maximum Gasteiger partial charge on any atom is 0.125 e. The highest BCUT2D eigenvalue weighted by Gasteiger charge is 2.12. The van der Waals surface area contributed by atoms with Crippen molar-refractivity contribution in [3.63, 3.8) is 0 Å². The van der Waals surface area contributed by atoms with Crippen LogP contribution in [-0.2, 0) is 6.42 Å². The Morgan fingerprint density at radius 3 is 2.41 bits per heavy atom. The van der Waals surface area contributed by atoms with Crippen molar-refractivity contribution < 1.29 is 4.74 Å². The Labute approximate surface area is 113 Å². The zero-order chi connectivity index (χ0) is 13.0. The van der Waals surface area contributed by atoms with Gasteiger partial charge in [-0.25, -0.2) is 0 Å². The largest absolute Gasteiger partial charge is 0.496 e. The molecule has 0 aliphatic rings. The number of likely N-dealkylation sites (N-methyl/N-ethyl adjacent to an activating group) is 1. The van der Waals surface area contributed by atoms with Gasteiger partial charge in [0.2, 0.25) is 0 Å². The van der Waals surface area contributed by atoms with Crippen LogP contribution in [0.4, 0.5) is 0 Å². The number of ether oxygens (including phenoxy) is 1. The molecule has 0 N–H and O–H groups in total. The van der Waals surface area contributed by atoms with Gasteiger partial charge in [-0.05, 0) is 56.5 Å². The summed E-state index contributed by atoms with van der Waals surface area (Å²) >= 11 is 3.46. The molecule has 1 aromatic carbocycles. The molecule has 0 radical (unpaired) electrons. The molecule has 0 spiro atoms. The Hall–Kier alpha value is -0.540. The minimum atomic E-state index is 0.902. The zero-order valence-corrected chi connectivity index (χ0v) is 13.0. The number of aryl methyl sites for hydroxylation is 2. The van der Waals surface area contributed by atoms with Gasteiger partial charge >= 0.3 is 0 Å².